The van der Waals surface area contributed by atoms with E-state index < -0.39 is 16.1 Å². The molecule has 0 saturated heterocycles. The zero-order valence-corrected chi connectivity index (χ0v) is 32.2. The van der Waals surface area contributed by atoms with Crippen LogP contribution in [-0.4, -0.2) is 69.5 Å². The van der Waals surface area contributed by atoms with Gasteiger partial charge in [-0.2, -0.15) is 9.61 Å². The van der Waals surface area contributed by atoms with E-state index >= 15 is 0 Å². The first-order valence-corrected chi connectivity index (χ1v) is 25.3. The third kappa shape index (κ3) is 8.38. The Hall–Kier alpha value is -3.06. The number of aromatic nitrogens is 4. The second-order valence-electron chi connectivity index (χ2n) is 16.4. The number of fused-ring (bicyclic) bond motifs is 3. The lowest BCUT2D eigenvalue weighted by Gasteiger charge is -2.32. The highest BCUT2D eigenvalue weighted by Gasteiger charge is 2.38. The van der Waals surface area contributed by atoms with Crippen molar-refractivity contribution in [3.63, 3.8) is 0 Å². The summed E-state index contributed by atoms with van der Waals surface area (Å²) in [5.74, 6) is 3.54. The monoisotopic (exact) mass is 685 g/mol. The molecule has 2 fully saturated rings. The molecule has 3 heterocycles. The summed E-state index contributed by atoms with van der Waals surface area (Å²) in [5.41, 5.74) is 5.87. The normalized spacial score (nSPS) is 19.6. The van der Waals surface area contributed by atoms with Crippen LogP contribution in [0.25, 0.3) is 28.0 Å². The lowest BCUT2D eigenvalue weighted by atomic mass is 9.79. The molecule has 1 unspecified atom stereocenters. The number of rotatable bonds is 15. The molecule has 10 heteroatoms. The molecule has 0 aliphatic heterocycles. The first-order chi connectivity index (χ1) is 23.0. The summed E-state index contributed by atoms with van der Waals surface area (Å²) in [6.07, 6.45) is 10.2. The van der Waals surface area contributed by atoms with Crippen LogP contribution < -0.4 is 9.64 Å². The molecular formula is C38H55N5O3Si2. The molecule has 258 valence electrons. The van der Waals surface area contributed by atoms with Crippen LogP contribution in [0.1, 0.15) is 43.7 Å². The van der Waals surface area contributed by atoms with E-state index in [4.69, 9.17) is 29.3 Å². The molecule has 4 aromatic rings. The maximum absolute atomic E-state index is 6.41. The highest BCUT2D eigenvalue weighted by Crippen LogP contribution is 2.51. The van der Waals surface area contributed by atoms with Crippen molar-refractivity contribution in [2.24, 2.45) is 11.8 Å². The van der Waals surface area contributed by atoms with Gasteiger partial charge in [-0.25, -0.2) is 4.98 Å². The van der Waals surface area contributed by atoms with E-state index in [1.54, 1.807) is 7.11 Å². The Balaban J connectivity index is 1.42. The number of hydrogen-bond acceptors (Lipinski definition) is 7. The standard InChI is InChI=1S/C38H55N5O3Si2/c1-44-36-35(32-22-28-13-14-29(21-28)23-32)41-37-33(31-15-16-34(39-24-31)30-11-9-8-10-12-30)25-40-43(37)38(36)42(26-45-17-19-47(2,3)4)27-46-18-20-48(5,6)7/h8-12,15-16,24-25,28-29,32H,13-14,17-23,26-27H2,1-7H3/t28-,29+,32?. The number of benzene rings is 1. The van der Waals surface area contributed by atoms with Crippen LogP contribution in [0.5, 0.6) is 5.75 Å². The first kappa shape index (κ1) is 34.8. The van der Waals surface area contributed by atoms with Gasteiger partial charge in [0.2, 0.25) is 0 Å². The van der Waals surface area contributed by atoms with Gasteiger partial charge < -0.3 is 19.1 Å². The summed E-state index contributed by atoms with van der Waals surface area (Å²) in [6, 6.07) is 16.7. The molecule has 8 nitrogen and oxygen atoms in total. The maximum atomic E-state index is 6.41. The van der Waals surface area contributed by atoms with Crippen LogP contribution in [0.3, 0.4) is 0 Å². The first-order valence-electron chi connectivity index (χ1n) is 17.9. The van der Waals surface area contributed by atoms with Gasteiger partial charge >= 0.3 is 0 Å². The molecule has 2 bridgehead atoms. The fourth-order valence-corrected chi connectivity index (χ4v) is 8.78. The minimum atomic E-state index is -1.25. The second kappa shape index (κ2) is 14.8. The Morgan fingerprint density at radius 1 is 0.792 bits per heavy atom. The van der Waals surface area contributed by atoms with Crippen molar-refractivity contribution < 1.29 is 14.2 Å². The van der Waals surface area contributed by atoms with Gasteiger partial charge in [-0.1, -0.05) is 88.5 Å². The van der Waals surface area contributed by atoms with E-state index in [0.717, 1.165) is 95.3 Å². The Morgan fingerprint density at radius 2 is 1.44 bits per heavy atom. The zero-order valence-electron chi connectivity index (χ0n) is 30.2. The summed E-state index contributed by atoms with van der Waals surface area (Å²) in [7, 11) is -0.721. The quantitative estimate of drug-likeness (QED) is 0.0702. The van der Waals surface area contributed by atoms with Gasteiger partial charge in [-0.05, 0) is 49.3 Å². The average Bonchev–Trinajstić information content (AvgIpc) is 3.64. The van der Waals surface area contributed by atoms with Crippen LogP contribution in [-0.2, 0) is 9.47 Å². The molecule has 0 radical (unpaired) electrons. The summed E-state index contributed by atoms with van der Waals surface area (Å²) < 4.78 is 21.1. The summed E-state index contributed by atoms with van der Waals surface area (Å²) in [4.78, 5) is 12.5. The molecular weight excluding hydrogens is 631 g/mol. The minimum Gasteiger partial charge on any atom is -0.491 e. The Bertz CT molecular complexity index is 1620. The fourth-order valence-electron chi connectivity index (χ4n) is 7.26. The van der Waals surface area contributed by atoms with Crippen molar-refractivity contribution in [3.05, 3.63) is 60.6 Å². The number of ether oxygens (including phenoxy) is 3. The molecule has 0 amide bonds. The highest BCUT2D eigenvalue weighted by molar-refractivity contribution is 6.76. The smallest absolute Gasteiger partial charge is 0.183 e. The van der Waals surface area contributed by atoms with E-state index in [9.17, 15) is 0 Å². The van der Waals surface area contributed by atoms with E-state index in [0.29, 0.717) is 19.4 Å². The molecule has 2 saturated carbocycles. The van der Waals surface area contributed by atoms with E-state index in [1.807, 2.05) is 35.1 Å². The third-order valence-electron chi connectivity index (χ3n) is 10.0. The van der Waals surface area contributed by atoms with Gasteiger partial charge in [0.1, 0.15) is 13.5 Å². The minimum absolute atomic E-state index is 0.346. The fraction of sp³-hybridized carbons (Fsp3) is 0.553. The predicted molar refractivity (Wildman–Crippen MR) is 201 cm³/mol. The lowest BCUT2D eigenvalue weighted by Crippen LogP contribution is -2.34. The Labute approximate surface area is 289 Å². The van der Waals surface area contributed by atoms with Crippen LogP contribution in [0.15, 0.2) is 54.9 Å². The van der Waals surface area contributed by atoms with Crippen LogP contribution >= 0.6 is 0 Å². The van der Waals surface area contributed by atoms with E-state index in [-0.39, 0.29) is 0 Å². The number of anilines is 1. The van der Waals surface area contributed by atoms with Crippen molar-refractivity contribution in [1.82, 2.24) is 19.6 Å². The SMILES string of the molecule is COc1c(C2C[C@H]3CC[C@@H](C2)C3)nc2c(-c3ccc(-c4ccccc4)nc3)cnn2c1N(COCC[Si](C)(C)C)COCC[Si](C)(C)C. The largest absolute Gasteiger partial charge is 0.491 e. The molecule has 3 atom stereocenters. The predicted octanol–water partition coefficient (Wildman–Crippen LogP) is 9.19. The summed E-state index contributed by atoms with van der Waals surface area (Å²) in [5, 5.41) is 4.98. The van der Waals surface area contributed by atoms with Crippen LogP contribution in [0.2, 0.25) is 51.4 Å². The summed E-state index contributed by atoms with van der Waals surface area (Å²) in [6.45, 7) is 16.6. The maximum Gasteiger partial charge on any atom is 0.183 e. The molecule has 2 aliphatic carbocycles. The van der Waals surface area contributed by atoms with Crippen LogP contribution in [0.4, 0.5) is 5.82 Å². The van der Waals surface area contributed by atoms with Gasteiger partial charge in [0.15, 0.2) is 17.2 Å². The third-order valence-corrected chi connectivity index (χ3v) is 13.4. The van der Waals surface area contributed by atoms with Crippen molar-refractivity contribution in [2.75, 3.05) is 38.7 Å². The van der Waals surface area contributed by atoms with Crippen molar-refractivity contribution >= 4 is 27.6 Å². The topological polar surface area (TPSA) is 74.0 Å². The van der Waals surface area contributed by atoms with Crippen molar-refractivity contribution in [2.45, 2.75) is 89.4 Å². The average molecular weight is 686 g/mol. The lowest BCUT2D eigenvalue weighted by molar-refractivity contribution is 0.0936. The van der Waals surface area contributed by atoms with Crippen molar-refractivity contribution in [1.29, 1.82) is 0 Å². The van der Waals surface area contributed by atoms with E-state index in [2.05, 4.69) is 68.4 Å². The molecule has 3 aromatic heterocycles. The Morgan fingerprint density at radius 3 is 2.00 bits per heavy atom. The molecule has 2 aliphatic rings. The summed E-state index contributed by atoms with van der Waals surface area (Å²) >= 11 is 0. The number of methoxy groups -OCH3 is 1. The van der Waals surface area contributed by atoms with Crippen molar-refractivity contribution in [3.8, 4) is 28.1 Å². The molecule has 1 aromatic carbocycles. The number of hydrogen-bond donors (Lipinski definition) is 0. The van der Waals surface area contributed by atoms with E-state index in [1.165, 1.54) is 19.3 Å². The van der Waals surface area contributed by atoms with Gasteiger partial charge in [0, 0.05) is 58.2 Å². The molecule has 0 spiro atoms. The van der Waals surface area contributed by atoms with Gasteiger partial charge in [0.05, 0.1) is 24.7 Å². The molecule has 48 heavy (non-hydrogen) atoms. The molecule has 0 N–H and O–H groups in total. The number of nitrogens with zero attached hydrogens (tertiary/aromatic N) is 5. The second-order valence-corrected chi connectivity index (χ2v) is 27.6. The van der Waals surface area contributed by atoms with Gasteiger partial charge in [-0.3, -0.25) is 4.98 Å². The van der Waals surface area contributed by atoms with Gasteiger partial charge in [-0.15, -0.1) is 0 Å². The highest BCUT2D eigenvalue weighted by atomic mass is 28.3. The van der Waals surface area contributed by atoms with Crippen LogP contribution in [0, 0.1) is 11.8 Å². The molecule has 6 rings (SSSR count). The van der Waals surface area contributed by atoms with Gasteiger partial charge in [0.25, 0.3) is 0 Å². The number of pyridine rings is 1. The Kier molecular flexibility index (Phi) is 10.7. The zero-order chi connectivity index (χ0) is 33.9.